The Morgan fingerprint density at radius 1 is 1.11 bits per heavy atom. The topological polar surface area (TPSA) is 95.3 Å². The van der Waals surface area contributed by atoms with Crippen LogP contribution in [0, 0.1) is 5.92 Å². The van der Waals surface area contributed by atoms with E-state index in [2.05, 4.69) is 29.4 Å². The number of amides is 1. The summed E-state index contributed by atoms with van der Waals surface area (Å²) < 4.78 is 13.3. The smallest absolute Gasteiger partial charge is 0.341 e. The van der Waals surface area contributed by atoms with Crippen LogP contribution in [0.5, 0.6) is 5.75 Å². The largest absolute Gasteiger partial charge is 0.493 e. The lowest BCUT2D eigenvalue weighted by atomic mass is 9.95. The second-order valence-electron chi connectivity index (χ2n) is 9.99. The summed E-state index contributed by atoms with van der Waals surface area (Å²) in [6.07, 6.45) is 3.68. The quantitative estimate of drug-likeness (QED) is 0.221. The van der Waals surface area contributed by atoms with Gasteiger partial charge < -0.3 is 19.4 Å². The van der Waals surface area contributed by atoms with Gasteiger partial charge in [0.1, 0.15) is 10.8 Å². The van der Waals surface area contributed by atoms with Gasteiger partial charge in [0.15, 0.2) is 11.0 Å². The first-order valence-electron chi connectivity index (χ1n) is 13.2. The van der Waals surface area contributed by atoms with Crippen LogP contribution in [0.25, 0.3) is 11.4 Å². The van der Waals surface area contributed by atoms with Crippen LogP contribution in [0.4, 0.5) is 5.00 Å². The van der Waals surface area contributed by atoms with Crippen LogP contribution < -0.4 is 10.1 Å². The number of hydrogen-bond acceptors (Lipinski definition) is 8. The lowest BCUT2D eigenvalue weighted by molar-refractivity contribution is -0.113. The third kappa shape index (κ3) is 6.77. The maximum atomic E-state index is 13.0. The third-order valence-electron chi connectivity index (χ3n) is 6.03. The Bertz CT molecular complexity index is 1260. The zero-order valence-electron chi connectivity index (χ0n) is 22.7. The second-order valence-corrected chi connectivity index (χ2v) is 12.0. The third-order valence-corrected chi connectivity index (χ3v) is 8.21. The van der Waals surface area contributed by atoms with Crippen molar-refractivity contribution < 1.29 is 19.1 Å². The first-order chi connectivity index (χ1) is 18.3. The number of thiophene rings is 1. The molecule has 0 aliphatic heterocycles. The molecule has 2 aromatic heterocycles. The van der Waals surface area contributed by atoms with Crippen molar-refractivity contribution in [2.24, 2.45) is 5.92 Å². The van der Waals surface area contributed by atoms with Crippen molar-refractivity contribution in [2.75, 3.05) is 17.7 Å². The molecule has 0 saturated heterocycles. The zero-order valence-corrected chi connectivity index (χ0v) is 24.3. The minimum Gasteiger partial charge on any atom is -0.493 e. The molecule has 0 radical (unpaired) electrons. The molecule has 0 saturated carbocycles. The van der Waals surface area contributed by atoms with Crippen molar-refractivity contribution in [3.05, 3.63) is 40.3 Å². The molecular formula is C28H36N4O4S2. The number of thioether (sulfide) groups is 1. The van der Waals surface area contributed by atoms with E-state index in [1.54, 1.807) is 0 Å². The van der Waals surface area contributed by atoms with Crippen LogP contribution in [-0.2, 0) is 28.9 Å². The molecule has 8 nitrogen and oxygen atoms in total. The highest BCUT2D eigenvalue weighted by atomic mass is 32.2. The van der Waals surface area contributed by atoms with Gasteiger partial charge in [-0.15, -0.1) is 21.5 Å². The monoisotopic (exact) mass is 556 g/mol. The average Bonchev–Trinajstić information content (AvgIpc) is 3.46. The number of ether oxygens (including phenoxy) is 2. The summed E-state index contributed by atoms with van der Waals surface area (Å²) >= 11 is 2.83. The van der Waals surface area contributed by atoms with Gasteiger partial charge in [-0.2, -0.15) is 0 Å². The Hall–Kier alpha value is -2.85. The van der Waals surface area contributed by atoms with Gasteiger partial charge in [0, 0.05) is 17.0 Å². The lowest BCUT2D eigenvalue weighted by Crippen LogP contribution is -2.19. The molecule has 204 valence electrons. The molecule has 1 aliphatic carbocycles. The number of anilines is 1. The summed E-state index contributed by atoms with van der Waals surface area (Å²) in [5.74, 6) is 1.63. The molecule has 3 aromatic rings. The maximum absolute atomic E-state index is 13.0. The summed E-state index contributed by atoms with van der Waals surface area (Å²) in [5, 5.41) is 13.0. The van der Waals surface area contributed by atoms with Gasteiger partial charge in [0.2, 0.25) is 5.91 Å². The molecule has 1 N–H and O–H groups in total. The number of aryl methyl sites for hydroxylation is 1. The standard InChI is InChI=1S/C28H36N4O4S2/c1-6-32-25(19-11-13-20(14-12-19)35-15-17(2)3)30-31-28(32)37-16-23(33)29-26-24(27(34)36-18(4)5)21-9-7-8-10-22(21)38-26/h11-14,17-18H,6-10,15-16H2,1-5H3,(H,29,33). The molecule has 0 fully saturated rings. The molecule has 10 heteroatoms. The van der Waals surface area contributed by atoms with Gasteiger partial charge in [0.25, 0.3) is 0 Å². The first-order valence-corrected chi connectivity index (χ1v) is 15.0. The summed E-state index contributed by atoms with van der Waals surface area (Å²) in [4.78, 5) is 27.0. The Morgan fingerprint density at radius 3 is 2.53 bits per heavy atom. The fraction of sp³-hybridized carbons (Fsp3) is 0.500. The van der Waals surface area contributed by atoms with Crippen LogP contribution >= 0.6 is 23.1 Å². The molecule has 38 heavy (non-hydrogen) atoms. The summed E-state index contributed by atoms with van der Waals surface area (Å²) in [6, 6.07) is 7.83. The van der Waals surface area contributed by atoms with E-state index >= 15 is 0 Å². The predicted octanol–water partition coefficient (Wildman–Crippen LogP) is 6.24. The number of carbonyl (C=O) groups is 2. The number of fused-ring (bicyclic) bond motifs is 1. The Labute approximate surface area is 232 Å². The highest BCUT2D eigenvalue weighted by molar-refractivity contribution is 7.99. The molecule has 1 aliphatic rings. The number of aromatic nitrogens is 3. The van der Waals surface area contributed by atoms with Crippen molar-refractivity contribution in [3.8, 4) is 17.1 Å². The molecule has 1 amide bonds. The molecule has 0 bridgehead atoms. The van der Waals surface area contributed by atoms with E-state index in [1.807, 2.05) is 49.6 Å². The normalized spacial score (nSPS) is 13.0. The highest BCUT2D eigenvalue weighted by Crippen LogP contribution is 2.39. The molecule has 0 unspecified atom stereocenters. The SMILES string of the molecule is CCn1c(SCC(=O)Nc2sc3c(c2C(=O)OC(C)C)CCCC3)nnc1-c1ccc(OCC(C)C)cc1. The van der Waals surface area contributed by atoms with Crippen molar-refractivity contribution in [1.82, 2.24) is 14.8 Å². The highest BCUT2D eigenvalue weighted by Gasteiger charge is 2.28. The van der Waals surface area contributed by atoms with Crippen LogP contribution in [0.1, 0.15) is 68.3 Å². The minimum atomic E-state index is -0.363. The number of carbonyl (C=O) groups excluding carboxylic acids is 2. The fourth-order valence-corrected chi connectivity index (χ4v) is 6.39. The lowest BCUT2D eigenvalue weighted by Gasteiger charge is -2.14. The van der Waals surface area contributed by atoms with E-state index in [4.69, 9.17) is 9.47 Å². The number of rotatable bonds is 11. The summed E-state index contributed by atoms with van der Waals surface area (Å²) in [5.41, 5.74) is 2.49. The van der Waals surface area contributed by atoms with Gasteiger partial charge in [-0.25, -0.2) is 4.79 Å². The number of nitrogens with zero attached hydrogens (tertiary/aromatic N) is 3. The van der Waals surface area contributed by atoms with Crippen molar-refractivity contribution >= 4 is 40.0 Å². The van der Waals surface area contributed by atoms with Crippen LogP contribution in [-0.4, -0.2) is 45.1 Å². The number of benzene rings is 1. The van der Waals surface area contributed by atoms with E-state index in [-0.39, 0.29) is 23.7 Å². The maximum Gasteiger partial charge on any atom is 0.341 e. The summed E-state index contributed by atoms with van der Waals surface area (Å²) in [6.45, 7) is 11.3. The Morgan fingerprint density at radius 2 is 1.84 bits per heavy atom. The van der Waals surface area contributed by atoms with E-state index in [0.29, 0.717) is 34.8 Å². The number of hydrogen-bond donors (Lipinski definition) is 1. The molecule has 0 atom stereocenters. The van der Waals surface area contributed by atoms with Crippen molar-refractivity contribution in [3.63, 3.8) is 0 Å². The number of esters is 1. The average molecular weight is 557 g/mol. The van der Waals surface area contributed by atoms with E-state index < -0.39 is 0 Å². The van der Waals surface area contributed by atoms with E-state index in [9.17, 15) is 9.59 Å². The second kappa shape index (κ2) is 12.8. The Kier molecular flexibility index (Phi) is 9.49. The van der Waals surface area contributed by atoms with Gasteiger partial charge in [0.05, 0.1) is 24.0 Å². The summed E-state index contributed by atoms with van der Waals surface area (Å²) in [7, 11) is 0. The van der Waals surface area contributed by atoms with E-state index in [0.717, 1.165) is 48.4 Å². The predicted molar refractivity (Wildman–Crippen MR) is 152 cm³/mol. The van der Waals surface area contributed by atoms with Crippen molar-refractivity contribution in [2.45, 2.75) is 78.1 Å². The molecule has 0 spiro atoms. The molecule has 1 aromatic carbocycles. The van der Waals surface area contributed by atoms with Crippen LogP contribution in [0.3, 0.4) is 0 Å². The van der Waals surface area contributed by atoms with Crippen LogP contribution in [0.15, 0.2) is 29.4 Å². The van der Waals surface area contributed by atoms with Gasteiger partial charge in [-0.05, 0) is 82.2 Å². The minimum absolute atomic E-state index is 0.154. The zero-order chi connectivity index (χ0) is 27.2. The van der Waals surface area contributed by atoms with E-state index in [1.165, 1.54) is 28.0 Å². The van der Waals surface area contributed by atoms with Crippen LogP contribution in [0.2, 0.25) is 0 Å². The first kappa shape index (κ1) is 28.2. The Balaban J connectivity index is 1.44. The molecule has 4 rings (SSSR count). The number of nitrogens with one attached hydrogen (secondary N) is 1. The fourth-order valence-electron chi connectivity index (χ4n) is 4.29. The van der Waals surface area contributed by atoms with Gasteiger partial charge in [-0.3, -0.25) is 4.79 Å². The molecule has 2 heterocycles. The van der Waals surface area contributed by atoms with Gasteiger partial charge in [-0.1, -0.05) is 25.6 Å². The molecular weight excluding hydrogens is 520 g/mol. The van der Waals surface area contributed by atoms with Crippen molar-refractivity contribution in [1.29, 1.82) is 0 Å². The van der Waals surface area contributed by atoms with Gasteiger partial charge >= 0.3 is 5.97 Å².